The van der Waals surface area contributed by atoms with E-state index >= 15 is 0 Å². The molecular formula is C11H6Br2Cl2O. The van der Waals surface area contributed by atoms with Gasteiger partial charge in [0.05, 0.1) is 4.83 Å². The van der Waals surface area contributed by atoms with E-state index in [9.17, 15) is 0 Å². The van der Waals surface area contributed by atoms with Gasteiger partial charge in [0.15, 0.2) is 4.67 Å². The summed E-state index contributed by atoms with van der Waals surface area (Å²) in [5.74, 6) is 0.788. The topological polar surface area (TPSA) is 13.1 Å². The number of furan rings is 1. The highest BCUT2D eigenvalue weighted by Gasteiger charge is 2.17. The summed E-state index contributed by atoms with van der Waals surface area (Å²) < 4.78 is 6.15. The van der Waals surface area contributed by atoms with Crippen LogP contribution in [0.3, 0.4) is 0 Å². The van der Waals surface area contributed by atoms with E-state index in [1.807, 2.05) is 18.2 Å². The number of rotatable bonds is 2. The first-order valence-electron chi connectivity index (χ1n) is 4.42. The summed E-state index contributed by atoms with van der Waals surface area (Å²) in [6.07, 6.45) is 0. The van der Waals surface area contributed by atoms with Gasteiger partial charge < -0.3 is 4.42 Å². The molecule has 16 heavy (non-hydrogen) atoms. The minimum Gasteiger partial charge on any atom is -0.453 e. The van der Waals surface area contributed by atoms with Gasteiger partial charge in [0, 0.05) is 10.0 Å². The highest BCUT2D eigenvalue weighted by Crippen LogP contribution is 2.37. The predicted molar refractivity (Wildman–Crippen MR) is 73.6 cm³/mol. The molecule has 0 N–H and O–H groups in total. The molecule has 1 aromatic carbocycles. The van der Waals surface area contributed by atoms with Crippen LogP contribution in [-0.2, 0) is 0 Å². The molecule has 5 heteroatoms. The van der Waals surface area contributed by atoms with Crippen LogP contribution in [0, 0.1) is 0 Å². The van der Waals surface area contributed by atoms with E-state index in [2.05, 4.69) is 31.9 Å². The Labute approximate surface area is 120 Å². The van der Waals surface area contributed by atoms with Crippen molar-refractivity contribution in [3.05, 3.63) is 56.4 Å². The zero-order valence-electron chi connectivity index (χ0n) is 7.88. The first kappa shape index (κ1) is 12.5. The van der Waals surface area contributed by atoms with E-state index in [0.717, 1.165) is 11.3 Å². The van der Waals surface area contributed by atoms with E-state index in [4.69, 9.17) is 27.6 Å². The van der Waals surface area contributed by atoms with Crippen LogP contribution >= 0.6 is 55.1 Å². The van der Waals surface area contributed by atoms with Crippen molar-refractivity contribution in [2.45, 2.75) is 4.83 Å². The van der Waals surface area contributed by atoms with Crippen molar-refractivity contribution in [2.24, 2.45) is 0 Å². The van der Waals surface area contributed by atoms with Gasteiger partial charge >= 0.3 is 0 Å². The third-order valence-corrected chi connectivity index (χ3v) is 4.01. The number of benzene rings is 1. The molecule has 0 saturated carbocycles. The number of hydrogen-bond acceptors (Lipinski definition) is 1. The van der Waals surface area contributed by atoms with Crippen LogP contribution < -0.4 is 0 Å². The summed E-state index contributed by atoms with van der Waals surface area (Å²) in [6, 6.07) is 9.11. The van der Waals surface area contributed by atoms with Gasteiger partial charge in [-0.3, -0.25) is 0 Å². The molecule has 0 spiro atoms. The Balaban J connectivity index is 2.37. The maximum atomic E-state index is 6.11. The summed E-state index contributed by atoms with van der Waals surface area (Å²) in [6.45, 7) is 0. The van der Waals surface area contributed by atoms with Gasteiger partial charge in [0.25, 0.3) is 0 Å². The second kappa shape index (κ2) is 5.13. The molecule has 1 atom stereocenters. The first-order chi connectivity index (χ1) is 7.58. The van der Waals surface area contributed by atoms with Gasteiger partial charge in [0.1, 0.15) is 5.76 Å². The van der Waals surface area contributed by atoms with Gasteiger partial charge in [-0.05, 0) is 45.8 Å². The molecule has 1 unspecified atom stereocenters. The number of halogens is 4. The maximum absolute atomic E-state index is 6.11. The molecule has 1 aromatic heterocycles. The SMILES string of the molecule is Clc1ccc(C(Br)c2ccc(Br)o2)c(Cl)c1. The highest BCUT2D eigenvalue weighted by atomic mass is 79.9. The average Bonchev–Trinajstić information content (AvgIpc) is 2.64. The first-order valence-corrected chi connectivity index (χ1v) is 6.88. The monoisotopic (exact) mass is 382 g/mol. The lowest BCUT2D eigenvalue weighted by molar-refractivity contribution is 0.497. The van der Waals surface area contributed by atoms with Crippen molar-refractivity contribution >= 4 is 55.1 Å². The van der Waals surface area contributed by atoms with Crippen molar-refractivity contribution in [2.75, 3.05) is 0 Å². The molecule has 0 fully saturated rings. The van der Waals surface area contributed by atoms with Crippen LogP contribution in [0.4, 0.5) is 0 Å². The Bertz CT molecular complexity index is 510. The molecule has 0 aliphatic rings. The summed E-state index contributed by atoms with van der Waals surface area (Å²) in [5, 5.41) is 1.23. The largest absolute Gasteiger partial charge is 0.453 e. The highest BCUT2D eigenvalue weighted by molar-refractivity contribution is 9.10. The lowest BCUT2D eigenvalue weighted by Gasteiger charge is -2.09. The van der Waals surface area contributed by atoms with Gasteiger partial charge in [-0.25, -0.2) is 0 Å². The molecule has 0 radical (unpaired) electrons. The molecule has 0 saturated heterocycles. The smallest absolute Gasteiger partial charge is 0.169 e. The van der Waals surface area contributed by atoms with Crippen molar-refractivity contribution < 1.29 is 4.42 Å². The summed E-state index contributed by atoms with van der Waals surface area (Å²) >= 11 is 18.8. The second-order valence-electron chi connectivity index (χ2n) is 3.17. The quantitative estimate of drug-likeness (QED) is 0.593. The van der Waals surface area contributed by atoms with Crippen molar-refractivity contribution in [3.63, 3.8) is 0 Å². The molecule has 0 aliphatic heterocycles. The number of alkyl halides is 1. The Kier molecular flexibility index (Phi) is 4.01. The molecule has 0 aliphatic carbocycles. The number of hydrogen-bond donors (Lipinski definition) is 0. The molecule has 2 rings (SSSR count). The minimum absolute atomic E-state index is 0.0800. The fourth-order valence-electron chi connectivity index (χ4n) is 1.32. The van der Waals surface area contributed by atoms with E-state index in [1.54, 1.807) is 12.1 Å². The van der Waals surface area contributed by atoms with E-state index in [0.29, 0.717) is 14.7 Å². The van der Waals surface area contributed by atoms with Gasteiger partial charge in [-0.1, -0.05) is 45.2 Å². The molecular weight excluding hydrogens is 379 g/mol. The summed E-state index contributed by atoms with van der Waals surface area (Å²) in [7, 11) is 0. The molecule has 2 aromatic rings. The van der Waals surface area contributed by atoms with E-state index in [-0.39, 0.29) is 4.83 Å². The summed E-state index contributed by atoms with van der Waals surface area (Å²) in [4.78, 5) is -0.0800. The normalized spacial score (nSPS) is 12.8. The lowest BCUT2D eigenvalue weighted by atomic mass is 10.1. The predicted octanol–water partition coefficient (Wildman–Crippen LogP) is 5.83. The fraction of sp³-hybridized carbons (Fsp3) is 0.0909. The van der Waals surface area contributed by atoms with Crippen LogP contribution in [-0.4, -0.2) is 0 Å². The van der Waals surface area contributed by atoms with Gasteiger partial charge in [-0.15, -0.1) is 0 Å². The molecule has 1 nitrogen and oxygen atoms in total. The van der Waals surface area contributed by atoms with Crippen molar-refractivity contribution in [1.29, 1.82) is 0 Å². The Morgan fingerprint density at radius 2 is 1.88 bits per heavy atom. The third kappa shape index (κ3) is 2.65. The Hall–Kier alpha value is 0.0400. The average molecular weight is 385 g/mol. The van der Waals surface area contributed by atoms with Crippen LogP contribution in [0.2, 0.25) is 10.0 Å². The van der Waals surface area contributed by atoms with Gasteiger partial charge in [0.2, 0.25) is 0 Å². The van der Waals surface area contributed by atoms with Crippen molar-refractivity contribution in [3.8, 4) is 0 Å². The zero-order chi connectivity index (χ0) is 11.7. The van der Waals surface area contributed by atoms with Crippen LogP contribution in [0.5, 0.6) is 0 Å². The van der Waals surface area contributed by atoms with E-state index in [1.165, 1.54) is 0 Å². The Morgan fingerprint density at radius 1 is 1.12 bits per heavy atom. The third-order valence-electron chi connectivity index (χ3n) is 2.08. The molecule has 0 bridgehead atoms. The van der Waals surface area contributed by atoms with E-state index < -0.39 is 0 Å². The second-order valence-corrected chi connectivity index (χ2v) is 5.71. The van der Waals surface area contributed by atoms with Gasteiger partial charge in [-0.2, -0.15) is 0 Å². The maximum Gasteiger partial charge on any atom is 0.169 e. The van der Waals surface area contributed by atoms with Crippen LogP contribution in [0.25, 0.3) is 0 Å². The molecule has 84 valence electrons. The zero-order valence-corrected chi connectivity index (χ0v) is 12.6. The fourth-order valence-corrected chi connectivity index (χ4v) is 2.94. The Morgan fingerprint density at radius 3 is 2.44 bits per heavy atom. The lowest BCUT2D eigenvalue weighted by Crippen LogP contribution is -1.91. The summed E-state index contributed by atoms with van der Waals surface area (Å²) in [5.41, 5.74) is 0.924. The molecule has 1 heterocycles. The van der Waals surface area contributed by atoms with Crippen LogP contribution in [0.15, 0.2) is 39.4 Å². The standard InChI is InChI=1S/C11H6Br2Cl2O/c12-10-4-3-9(16-10)11(13)7-2-1-6(14)5-8(7)15/h1-5,11H. The van der Waals surface area contributed by atoms with Crippen molar-refractivity contribution in [1.82, 2.24) is 0 Å². The minimum atomic E-state index is -0.0800. The molecule has 0 amide bonds. The van der Waals surface area contributed by atoms with Crippen LogP contribution in [0.1, 0.15) is 16.2 Å².